The fraction of sp³-hybridized carbons (Fsp3) is 0.882. The van der Waals surface area contributed by atoms with Gasteiger partial charge < -0.3 is 10.2 Å². The molecule has 0 bridgehead atoms. The summed E-state index contributed by atoms with van der Waals surface area (Å²) in [6, 6.07) is 0.296. The number of piperazine rings is 1. The van der Waals surface area contributed by atoms with Gasteiger partial charge in [0.25, 0.3) is 0 Å². The highest BCUT2D eigenvalue weighted by Gasteiger charge is 2.48. The summed E-state index contributed by atoms with van der Waals surface area (Å²) in [5.41, 5.74) is -0.560. The van der Waals surface area contributed by atoms with Gasteiger partial charge in [-0.05, 0) is 44.4 Å². The van der Waals surface area contributed by atoms with Crippen molar-refractivity contribution in [3.63, 3.8) is 0 Å². The standard InChI is InChI=1S/C17H28N2O2/c1-2-13-6-8-14(9-7-13)19-12-15(20)18-17(16(19)21)10-4-3-5-11-17/h13-14H,2-12H2,1H3,(H,18,20). The van der Waals surface area contributed by atoms with Crippen molar-refractivity contribution >= 4 is 11.8 Å². The lowest BCUT2D eigenvalue weighted by Crippen LogP contribution is -2.69. The van der Waals surface area contributed by atoms with Crippen molar-refractivity contribution in [1.82, 2.24) is 10.2 Å². The number of nitrogens with one attached hydrogen (secondary N) is 1. The van der Waals surface area contributed by atoms with Crippen LogP contribution in [-0.4, -0.2) is 34.8 Å². The fourth-order valence-corrected chi connectivity index (χ4v) is 4.52. The summed E-state index contributed by atoms with van der Waals surface area (Å²) in [7, 11) is 0. The molecule has 2 saturated carbocycles. The molecule has 2 amide bonds. The summed E-state index contributed by atoms with van der Waals surface area (Å²) in [5.74, 6) is 1.08. The molecule has 1 spiro atoms. The number of hydrogen-bond donors (Lipinski definition) is 1. The van der Waals surface area contributed by atoms with E-state index in [0.717, 1.165) is 44.4 Å². The highest BCUT2D eigenvalue weighted by atomic mass is 16.2. The third-order valence-electron chi connectivity index (χ3n) is 5.90. The molecule has 4 nitrogen and oxygen atoms in total. The predicted octanol–water partition coefficient (Wildman–Crippen LogP) is 2.62. The summed E-state index contributed by atoms with van der Waals surface area (Å²) in [6.07, 6.45) is 10.8. The zero-order chi connectivity index (χ0) is 14.9. The first-order valence-electron chi connectivity index (χ1n) is 8.77. The van der Waals surface area contributed by atoms with E-state index in [0.29, 0.717) is 6.04 Å². The fourth-order valence-electron chi connectivity index (χ4n) is 4.52. The van der Waals surface area contributed by atoms with Crippen LogP contribution in [0.2, 0.25) is 0 Å². The van der Waals surface area contributed by atoms with Crippen LogP contribution in [0, 0.1) is 5.92 Å². The Balaban J connectivity index is 1.72. The molecule has 21 heavy (non-hydrogen) atoms. The third-order valence-corrected chi connectivity index (χ3v) is 5.90. The van der Waals surface area contributed by atoms with Gasteiger partial charge in [-0.1, -0.05) is 32.6 Å². The van der Waals surface area contributed by atoms with Crippen molar-refractivity contribution in [2.24, 2.45) is 5.92 Å². The number of rotatable bonds is 2. The summed E-state index contributed by atoms with van der Waals surface area (Å²) < 4.78 is 0. The summed E-state index contributed by atoms with van der Waals surface area (Å²) in [5, 5.41) is 3.04. The molecule has 0 radical (unpaired) electrons. The molecule has 3 fully saturated rings. The second-order valence-corrected chi connectivity index (χ2v) is 7.21. The lowest BCUT2D eigenvalue weighted by molar-refractivity contribution is -0.155. The summed E-state index contributed by atoms with van der Waals surface area (Å²) in [6.45, 7) is 2.53. The van der Waals surface area contributed by atoms with Gasteiger partial charge in [-0.15, -0.1) is 0 Å². The first-order valence-corrected chi connectivity index (χ1v) is 8.77. The molecule has 0 unspecified atom stereocenters. The van der Waals surface area contributed by atoms with Gasteiger partial charge in [-0.3, -0.25) is 9.59 Å². The van der Waals surface area contributed by atoms with Gasteiger partial charge in [0.2, 0.25) is 11.8 Å². The monoisotopic (exact) mass is 292 g/mol. The third kappa shape index (κ3) is 2.82. The minimum absolute atomic E-state index is 0.0501. The van der Waals surface area contributed by atoms with E-state index in [-0.39, 0.29) is 18.4 Å². The van der Waals surface area contributed by atoms with Crippen LogP contribution in [0.3, 0.4) is 0 Å². The molecule has 0 aromatic rings. The van der Waals surface area contributed by atoms with Gasteiger partial charge in [-0.25, -0.2) is 0 Å². The average molecular weight is 292 g/mol. The molecule has 2 aliphatic carbocycles. The van der Waals surface area contributed by atoms with E-state index in [1.54, 1.807) is 0 Å². The van der Waals surface area contributed by atoms with Gasteiger partial charge in [0.1, 0.15) is 5.54 Å². The number of nitrogens with zero attached hydrogens (tertiary/aromatic N) is 1. The molecule has 0 atom stereocenters. The Bertz CT molecular complexity index is 407. The zero-order valence-corrected chi connectivity index (χ0v) is 13.2. The Labute approximate surface area is 127 Å². The first kappa shape index (κ1) is 14.9. The van der Waals surface area contributed by atoms with Crippen LogP contribution in [0.4, 0.5) is 0 Å². The molecule has 0 aromatic heterocycles. The topological polar surface area (TPSA) is 49.4 Å². The van der Waals surface area contributed by atoms with E-state index in [1.807, 2.05) is 4.90 Å². The maximum Gasteiger partial charge on any atom is 0.249 e. The quantitative estimate of drug-likeness (QED) is 0.850. The Morgan fingerprint density at radius 1 is 1.10 bits per heavy atom. The molecule has 1 N–H and O–H groups in total. The van der Waals surface area contributed by atoms with Crippen LogP contribution in [-0.2, 0) is 9.59 Å². The van der Waals surface area contributed by atoms with Gasteiger partial charge >= 0.3 is 0 Å². The molecule has 0 aromatic carbocycles. The van der Waals surface area contributed by atoms with Crippen LogP contribution in [0.1, 0.15) is 71.1 Å². The highest BCUT2D eigenvalue weighted by Crippen LogP contribution is 2.36. The van der Waals surface area contributed by atoms with Gasteiger partial charge in [0.15, 0.2) is 0 Å². The van der Waals surface area contributed by atoms with Crippen molar-refractivity contribution in [1.29, 1.82) is 0 Å². The molecule has 1 saturated heterocycles. The van der Waals surface area contributed by atoms with E-state index in [4.69, 9.17) is 0 Å². The van der Waals surface area contributed by atoms with Crippen LogP contribution in [0.25, 0.3) is 0 Å². The van der Waals surface area contributed by atoms with Gasteiger partial charge in [0.05, 0.1) is 6.54 Å². The van der Waals surface area contributed by atoms with Crippen molar-refractivity contribution in [2.75, 3.05) is 6.54 Å². The molecule has 4 heteroatoms. The van der Waals surface area contributed by atoms with E-state index in [2.05, 4.69) is 12.2 Å². The molecule has 3 aliphatic rings. The second-order valence-electron chi connectivity index (χ2n) is 7.21. The molecule has 118 valence electrons. The van der Waals surface area contributed by atoms with E-state index < -0.39 is 5.54 Å². The molecule has 1 aliphatic heterocycles. The maximum atomic E-state index is 13.0. The van der Waals surface area contributed by atoms with Gasteiger partial charge in [-0.2, -0.15) is 0 Å². The Hall–Kier alpha value is -1.06. The SMILES string of the molecule is CCC1CCC(N2CC(=O)NC3(CCCCC3)C2=O)CC1. The predicted molar refractivity (Wildman–Crippen MR) is 81.7 cm³/mol. The normalized spacial score (nSPS) is 33.1. The van der Waals surface area contributed by atoms with Crippen LogP contribution in [0.5, 0.6) is 0 Å². The van der Waals surface area contributed by atoms with Crippen LogP contribution < -0.4 is 5.32 Å². The smallest absolute Gasteiger partial charge is 0.249 e. The Morgan fingerprint density at radius 3 is 2.38 bits per heavy atom. The largest absolute Gasteiger partial charge is 0.340 e. The van der Waals surface area contributed by atoms with Crippen molar-refractivity contribution in [3.8, 4) is 0 Å². The van der Waals surface area contributed by atoms with Crippen molar-refractivity contribution in [3.05, 3.63) is 0 Å². The first-order chi connectivity index (χ1) is 10.1. The van der Waals surface area contributed by atoms with E-state index >= 15 is 0 Å². The van der Waals surface area contributed by atoms with Gasteiger partial charge in [0, 0.05) is 6.04 Å². The molecule has 3 rings (SSSR count). The van der Waals surface area contributed by atoms with Crippen molar-refractivity contribution in [2.45, 2.75) is 82.7 Å². The summed E-state index contributed by atoms with van der Waals surface area (Å²) in [4.78, 5) is 27.1. The molecule has 1 heterocycles. The lowest BCUT2D eigenvalue weighted by Gasteiger charge is -2.47. The highest BCUT2D eigenvalue weighted by molar-refractivity contribution is 5.98. The van der Waals surface area contributed by atoms with Crippen LogP contribution >= 0.6 is 0 Å². The number of carbonyl (C=O) groups excluding carboxylic acids is 2. The minimum Gasteiger partial charge on any atom is -0.340 e. The molecular weight excluding hydrogens is 264 g/mol. The Kier molecular flexibility index (Phi) is 4.23. The minimum atomic E-state index is -0.560. The van der Waals surface area contributed by atoms with Crippen LogP contribution in [0.15, 0.2) is 0 Å². The number of carbonyl (C=O) groups is 2. The van der Waals surface area contributed by atoms with Crippen molar-refractivity contribution < 1.29 is 9.59 Å². The lowest BCUT2D eigenvalue weighted by atomic mass is 9.77. The number of hydrogen-bond acceptors (Lipinski definition) is 2. The summed E-state index contributed by atoms with van der Waals surface area (Å²) >= 11 is 0. The van der Waals surface area contributed by atoms with E-state index in [1.165, 1.54) is 25.7 Å². The number of amides is 2. The van der Waals surface area contributed by atoms with E-state index in [9.17, 15) is 9.59 Å². The molecular formula is C17H28N2O2. The Morgan fingerprint density at radius 2 is 1.76 bits per heavy atom. The average Bonchev–Trinajstić information content (AvgIpc) is 2.52. The second kappa shape index (κ2) is 5.98. The zero-order valence-electron chi connectivity index (χ0n) is 13.2. The maximum absolute atomic E-state index is 13.0.